The molecule has 1 aliphatic rings. The predicted octanol–water partition coefficient (Wildman–Crippen LogP) is 2.31. The maximum Gasteiger partial charge on any atom is 0.0843 e. The second kappa shape index (κ2) is 4.63. The van der Waals surface area contributed by atoms with E-state index in [9.17, 15) is 5.11 Å². The molecule has 0 aliphatic carbocycles. The van der Waals surface area contributed by atoms with Crippen LogP contribution in [0.25, 0.3) is 0 Å². The van der Waals surface area contributed by atoms with Crippen LogP contribution < -0.4 is 0 Å². The monoisotopic (exact) mass is 200 g/mol. The normalized spacial score (nSPS) is 38.6. The molecule has 1 heterocycles. The highest BCUT2D eigenvalue weighted by atomic mass is 16.5. The van der Waals surface area contributed by atoms with Crippen LogP contribution in [0.1, 0.15) is 34.6 Å². The summed E-state index contributed by atoms with van der Waals surface area (Å²) in [5.74, 6) is 2.32. The van der Waals surface area contributed by atoms with Crippen molar-refractivity contribution in [3.8, 4) is 0 Å². The smallest absolute Gasteiger partial charge is 0.0843 e. The Hall–Kier alpha value is -0.0800. The number of hydrogen-bond donors (Lipinski definition) is 1. The van der Waals surface area contributed by atoms with Crippen molar-refractivity contribution in [3.63, 3.8) is 0 Å². The first kappa shape index (κ1) is 12.0. The van der Waals surface area contributed by atoms with Crippen LogP contribution in [0.2, 0.25) is 0 Å². The highest BCUT2D eigenvalue weighted by molar-refractivity contribution is 4.91. The SMILES string of the molecule is CC(C)C1C(C(C)C)[C@@H](CO)O[C@H]1C. The van der Waals surface area contributed by atoms with Gasteiger partial charge in [0.15, 0.2) is 0 Å². The lowest BCUT2D eigenvalue weighted by atomic mass is 9.74. The zero-order valence-corrected chi connectivity index (χ0v) is 10.0. The number of rotatable bonds is 3. The lowest BCUT2D eigenvalue weighted by Gasteiger charge is -2.29. The second-order valence-electron chi connectivity index (χ2n) is 5.20. The lowest BCUT2D eigenvalue weighted by Crippen LogP contribution is -2.31. The molecule has 14 heavy (non-hydrogen) atoms. The molecule has 0 bridgehead atoms. The fourth-order valence-electron chi connectivity index (χ4n) is 3.04. The molecule has 1 N–H and O–H groups in total. The van der Waals surface area contributed by atoms with E-state index in [1.165, 1.54) is 0 Å². The van der Waals surface area contributed by atoms with Crippen LogP contribution in [0.3, 0.4) is 0 Å². The van der Waals surface area contributed by atoms with E-state index < -0.39 is 0 Å². The van der Waals surface area contributed by atoms with Gasteiger partial charge in [-0.2, -0.15) is 0 Å². The molecular formula is C12H24O2. The van der Waals surface area contributed by atoms with Gasteiger partial charge in [-0.1, -0.05) is 27.7 Å². The molecule has 2 unspecified atom stereocenters. The van der Waals surface area contributed by atoms with Gasteiger partial charge in [0, 0.05) is 0 Å². The number of ether oxygens (including phenoxy) is 1. The third kappa shape index (κ3) is 2.12. The molecule has 0 aromatic heterocycles. The van der Waals surface area contributed by atoms with Gasteiger partial charge in [0.1, 0.15) is 0 Å². The Balaban J connectivity index is 2.80. The molecular weight excluding hydrogens is 176 g/mol. The van der Waals surface area contributed by atoms with Gasteiger partial charge in [-0.25, -0.2) is 0 Å². The predicted molar refractivity (Wildman–Crippen MR) is 58.1 cm³/mol. The van der Waals surface area contributed by atoms with Crippen molar-refractivity contribution >= 4 is 0 Å². The van der Waals surface area contributed by atoms with Gasteiger partial charge in [0.25, 0.3) is 0 Å². The molecule has 1 rings (SSSR count). The zero-order valence-electron chi connectivity index (χ0n) is 10.0. The first-order chi connectivity index (χ1) is 6.49. The molecule has 0 aromatic carbocycles. The summed E-state index contributed by atoms with van der Waals surface area (Å²) in [4.78, 5) is 0. The first-order valence-corrected chi connectivity index (χ1v) is 5.75. The molecule has 2 heteroatoms. The molecule has 1 saturated heterocycles. The van der Waals surface area contributed by atoms with E-state index in [4.69, 9.17) is 4.74 Å². The average molecular weight is 200 g/mol. The fourth-order valence-corrected chi connectivity index (χ4v) is 3.04. The van der Waals surface area contributed by atoms with E-state index in [0.717, 1.165) is 0 Å². The summed E-state index contributed by atoms with van der Waals surface area (Å²) in [5, 5.41) is 9.28. The van der Waals surface area contributed by atoms with Gasteiger partial charge in [-0.15, -0.1) is 0 Å². The quantitative estimate of drug-likeness (QED) is 0.757. The van der Waals surface area contributed by atoms with Crippen LogP contribution in [0, 0.1) is 23.7 Å². The standard InChI is InChI=1S/C12H24O2/c1-7(2)11-9(5)14-10(6-13)12(11)8(3)4/h7-13H,6H2,1-5H3/t9-,10+,11?,12?/m0/s1. The highest BCUT2D eigenvalue weighted by Gasteiger charge is 2.44. The Kier molecular flexibility index (Phi) is 3.96. The molecule has 0 radical (unpaired) electrons. The van der Waals surface area contributed by atoms with Crippen LogP contribution in [0.15, 0.2) is 0 Å². The molecule has 1 fully saturated rings. The van der Waals surface area contributed by atoms with E-state index in [0.29, 0.717) is 29.8 Å². The second-order valence-corrected chi connectivity index (χ2v) is 5.20. The number of aliphatic hydroxyl groups excluding tert-OH is 1. The van der Waals surface area contributed by atoms with Gasteiger partial charge >= 0.3 is 0 Å². The van der Waals surface area contributed by atoms with Crippen LogP contribution >= 0.6 is 0 Å². The third-order valence-electron chi connectivity index (χ3n) is 3.52. The molecule has 0 amide bonds. The number of hydrogen-bond acceptors (Lipinski definition) is 2. The van der Waals surface area contributed by atoms with Crippen LogP contribution in [-0.2, 0) is 4.74 Å². The van der Waals surface area contributed by atoms with Gasteiger partial charge in [-0.3, -0.25) is 0 Å². The van der Waals surface area contributed by atoms with Crippen LogP contribution in [0.5, 0.6) is 0 Å². The topological polar surface area (TPSA) is 29.5 Å². The Morgan fingerprint density at radius 3 is 1.93 bits per heavy atom. The maximum atomic E-state index is 9.28. The Labute approximate surface area is 87.7 Å². The minimum absolute atomic E-state index is 0.0531. The lowest BCUT2D eigenvalue weighted by molar-refractivity contribution is -0.00118. The highest BCUT2D eigenvalue weighted by Crippen LogP contribution is 2.41. The van der Waals surface area contributed by atoms with Gasteiger partial charge in [0.05, 0.1) is 18.8 Å². The van der Waals surface area contributed by atoms with Crippen LogP contribution in [-0.4, -0.2) is 23.9 Å². The van der Waals surface area contributed by atoms with Crippen molar-refractivity contribution in [2.75, 3.05) is 6.61 Å². The third-order valence-corrected chi connectivity index (χ3v) is 3.52. The van der Waals surface area contributed by atoms with Gasteiger partial charge in [0.2, 0.25) is 0 Å². The van der Waals surface area contributed by atoms with E-state index in [1.54, 1.807) is 0 Å². The Morgan fingerprint density at radius 2 is 1.57 bits per heavy atom. The summed E-state index contributed by atoms with van der Waals surface area (Å²) in [5.41, 5.74) is 0. The molecule has 0 aromatic rings. The molecule has 84 valence electrons. The van der Waals surface area contributed by atoms with E-state index >= 15 is 0 Å². The van der Waals surface area contributed by atoms with E-state index in [1.807, 2.05) is 0 Å². The summed E-state index contributed by atoms with van der Waals surface area (Å²) in [7, 11) is 0. The van der Waals surface area contributed by atoms with Gasteiger partial charge < -0.3 is 9.84 Å². The van der Waals surface area contributed by atoms with E-state index in [2.05, 4.69) is 34.6 Å². The molecule has 1 aliphatic heterocycles. The van der Waals surface area contributed by atoms with E-state index in [-0.39, 0.29) is 12.7 Å². The summed E-state index contributed by atoms with van der Waals surface area (Å²) in [6.45, 7) is 11.2. The van der Waals surface area contributed by atoms with Gasteiger partial charge in [-0.05, 0) is 30.6 Å². The maximum absolute atomic E-state index is 9.28. The van der Waals surface area contributed by atoms with Crippen molar-refractivity contribution in [2.45, 2.75) is 46.8 Å². The van der Waals surface area contributed by atoms with Crippen molar-refractivity contribution < 1.29 is 9.84 Å². The molecule has 0 spiro atoms. The largest absolute Gasteiger partial charge is 0.394 e. The van der Waals surface area contributed by atoms with Crippen LogP contribution in [0.4, 0.5) is 0 Å². The summed E-state index contributed by atoms with van der Waals surface area (Å²) in [6, 6.07) is 0. The summed E-state index contributed by atoms with van der Waals surface area (Å²) >= 11 is 0. The fraction of sp³-hybridized carbons (Fsp3) is 1.00. The number of aliphatic hydroxyl groups is 1. The molecule has 0 saturated carbocycles. The average Bonchev–Trinajstić information content (AvgIpc) is 2.41. The molecule has 4 atom stereocenters. The van der Waals surface area contributed by atoms with Crippen molar-refractivity contribution in [1.82, 2.24) is 0 Å². The minimum atomic E-state index is 0.0531. The molecule has 2 nitrogen and oxygen atoms in total. The minimum Gasteiger partial charge on any atom is -0.394 e. The van der Waals surface area contributed by atoms with Crippen molar-refractivity contribution in [1.29, 1.82) is 0 Å². The van der Waals surface area contributed by atoms with Crippen molar-refractivity contribution in [3.05, 3.63) is 0 Å². The van der Waals surface area contributed by atoms with Crippen molar-refractivity contribution in [2.24, 2.45) is 23.7 Å². The Morgan fingerprint density at radius 1 is 1.07 bits per heavy atom. The first-order valence-electron chi connectivity index (χ1n) is 5.75. The zero-order chi connectivity index (χ0) is 10.9. The Bertz CT molecular complexity index is 177. The summed E-state index contributed by atoms with van der Waals surface area (Å²) < 4.78 is 5.81. The summed E-state index contributed by atoms with van der Waals surface area (Å²) in [6.07, 6.45) is 0.344.